The fourth-order valence-electron chi connectivity index (χ4n) is 3.19. The molecule has 0 spiro atoms. The van der Waals surface area contributed by atoms with Crippen molar-refractivity contribution in [3.63, 3.8) is 0 Å². The predicted molar refractivity (Wildman–Crippen MR) is 96.2 cm³/mol. The van der Waals surface area contributed by atoms with Crippen LogP contribution in [0.2, 0.25) is 0 Å². The minimum Gasteiger partial charge on any atom is -0.496 e. The molecule has 0 radical (unpaired) electrons. The van der Waals surface area contributed by atoms with Gasteiger partial charge in [0.05, 0.1) is 37.0 Å². The average Bonchev–Trinajstić information content (AvgIpc) is 3.11. The number of aryl methyl sites for hydroxylation is 2. The van der Waals surface area contributed by atoms with E-state index < -0.39 is 0 Å². The topological polar surface area (TPSA) is 58.3 Å². The van der Waals surface area contributed by atoms with Crippen LogP contribution in [-0.4, -0.2) is 33.8 Å². The summed E-state index contributed by atoms with van der Waals surface area (Å²) in [4.78, 5) is 17.0. The first-order valence-electron chi connectivity index (χ1n) is 8.28. The van der Waals surface area contributed by atoms with Gasteiger partial charge in [0.2, 0.25) is 0 Å². The van der Waals surface area contributed by atoms with Crippen molar-refractivity contribution in [1.29, 1.82) is 0 Å². The summed E-state index contributed by atoms with van der Waals surface area (Å²) in [5.74, 6) is 0.509. The lowest BCUT2D eigenvalue weighted by Crippen LogP contribution is -2.14. The molecule has 0 aliphatic carbocycles. The van der Waals surface area contributed by atoms with Crippen molar-refractivity contribution in [1.82, 2.24) is 14.1 Å². The second kappa shape index (κ2) is 6.63. The highest BCUT2D eigenvalue weighted by Crippen LogP contribution is 2.27. The number of rotatable bonds is 5. The van der Waals surface area contributed by atoms with Gasteiger partial charge < -0.3 is 18.6 Å². The molecule has 0 fully saturated rings. The number of carbonyl (C=O) groups is 1. The molecular formula is C19H23N3O3. The molecule has 3 rings (SSSR count). The Morgan fingerprint density at radius 3 is 2.72 bits per heavy atom. The van der Waals surface area contributed by atoms with Gasteiger partial charge in [0.1, 0.15) is 11.4 Å². The molecule has 0 N–H and O–H groups in total. The SMILES string of the molecule is CCOC(=O)c1cc2c(ccn2C)n1Cc1ncc(C)c(OC)c1C. The van der Waals surface area contributed by atoms with E-state index in [0.717, 1.165) is 33.6 Å². The first kappa shape index (κ1) is 17.1. The predicted octanol–water partition coefficient (Wildman–Crippen LogP) is 3.23. The summed E-state index contributed by atoms with van der Waals surface area (Å²) in [6.45, 7) is 6.59. The van der Waals surface area contributed by atoms with Crippen molar-refractivity contribution in [2.45, 2.75) is 27.3 Å². The van der Waals surface area contributed by atoms with E-state index >= 15 is 0 Å². The van der Waals surface area contributed by atoms with Gasteiger partial charge in [0.15, 0.2) is 0 Å². The largest absolute Gasteiger partial charge is 0.496 e. The molecule has 6 heteroatoms. The molecule has 0 saturated heterocycles. The third-order valence-corrected chi connectivity index (χ3v) is 4.50. The summed E-state index contributed by atoms with van der Waals surface area (Å²) in [7, 11) is 3.62. The number of fused-ring (bicyclic) bond motifs is 1. The monoisotopic (exact) mass is 341 g/mol. The lowest BCUT2D eigenvalue weighted by molar-refractivity contribution is 0.0515. The van der Waals surface area contributed by atoms with Crippen LogP contribution in [0.15, 0.2) is 24.5 Å². The molecule has 0 atom stereocenters. The highest BCUT2D eigenvalue weighted by molar-refractivity contribution is 5.95. The van der Waals surface area contributed by atoms with Crippen LogP contribution in [0.5, 0.6) is 5.75 Å². The van der Waals surface area contributed by atoms with Crippen molar-refractivity contribution in [2.24, 2.45) is 7.05 Å². The molecule has 0 unspecified atom stereocenters. The molecular weight excluding hydrogens is 318 g/mol. The van der Waals surface area contributed by atoms with Crippen LogP contribution < -0.4 is 4.74 Å². The highest BCUT2D eigenvalue weighted by atomic mass is 16.5. The van der Waals surface area contributed by atoms with Crippen molar-refractivity contribution in [2.75, 3.05) is 13.7 Å². The van der Waals surface area contributed by atoms with Crippen LogP contribution in [0, 0.1) is 13.8 Å². The first-order chi connectivity index (χ1) is 12.0. The van der Waals surface area contributed by atoms with E-state index in [1.165, 1.54) is 0 Å². The number of carbonyl (C=O) groups excluding carboxylic acids is 1. The zero-order chi connectivity index (χ0) is 18.1. The van der Waals surface area contributed by atoms with E-state index in [9.17, 15) is 4.79 Å². The Hall–Kier alpha value is -2.76. The van der Waals surface area contributed by atoms with Crippen molar-refractivity contribution in [3.8, 4) is 5.75 Å². The summed E-state index contributed by atoms with van der Waals surface area (Å²) in [5.41, 5.74) is 5.34. The molecule has 3 aromatic heterocycles. The van der Waals surface area contributed by atoms with Crippen LogP contribution in [0.3, 0.4) is 0 Å². The molecule has 0 aliphatic rings. The molecule has 132 valence electrons. The van der Waals surface area contributed by atoms with Crippen LogP contribution in [0.1, 0.15) is 34.2 Å². The molecule has 0 saturated carbocycles. The molecule has 3 aromatic rings. The molecule has 0 aliphatic heterocycles. The Kier molecular flexibility index (Phi) is 4.53. The quantitative estimate of drug-likeness (QED) is 0.669. The van der Waals surface area contributed by atoms with Gasteiger partial charge in [0.25, 0.3) is 0 Å². The number of methoxy groups -OCH3 is 1. The zero-order valence-corrected chi connectivity index (χ0v) is 15.3. The number of nitrogens with zero attached hydrogens (tertiary/aromatic N) is 3. The normalized spacial score (nSPS) is 11.1. The minimum absolute atomic E-state index is 0.324. The van der Waals surface area contributed by atoms with Crippen molar-refractivity contribution < 1.29 is 14.3 Å². The maximum Gasteiger partial charge on any atom is 0.355 e. The summed E-state index contributed by atoms with van der Waals surface area (Å²) in [6, 6.07) is 3.87. The Morgan fingerprint density at radius 2 is 2.04 bits per heavy atom. The maximum absolute atomic E-state index is 12.4. The van der Waals surface area contributed by atoms with Crippen LogP contribution in [0.25, 0.3) is 11.0 Å². The van der Waals surface area contributed by atoms with E-state index in [2.05, 4.69) is 4.98 Å². The van der Waals surface area contributed by atoms with Gasteiger partial charge in [-0.15, -0.1) is 0 Å². The van der Waals surface area contributed by atoms with Crippen molar-refractivity contribution in [3.05, 3.63) is 47.0 Å². The Balaban J connectivity index is 2.12. The number of hydrogen-bond acceptors (Lipinski definition) is 4. The molecule has 25 heavy (non-hydrogen) atoms. The molecule has 6 nitrogen and oxygen atoms in total. The van der Waals surface area contributed by atoms with Gasteiger partial charge in [0, 0.05) is 30.6 Å². The number of aromatic nitrogens is 3. The Labute approximate surface area is 147 Å². The fraction of sp³-hybridized carbons (Fsp3) is 0.368. The second-order valence-electron chi connectivity index (χ2n) is 6.08. The third-order valence-electron chi connectivity index (χ3n) is 4.50. The standard InChI is InChI=1S/C19H23N3O3/c1-6-25-19(23)17-9-16-15(7-8-21(16)4)22(17)11-14-13(3)18(24-5)12(2)10-20-14/h7-10H,6,11H2,1-5H3. The second-order valence-corrected chi connectivity index (χ2v) is 6.08. The van der Waals surface area contributed by atoms with Gasteiger partial charge in [-0.05, 0) is 32.9 Å². The van der Waals surface area contributed by atoms with Crippen LogP contribution >= 0.6 is 0 Å². The Bertz CT molecular complexity index is 937. The van der Waals surface area contributed by atoms with E-state index in [0.29, 0.717) is 18.8 Å². The van der Waals surface area contributed by atoms with Gasteiger partial charge in [-0.1, -0.05) is 0 Å². The highest BCUT2D eigenvalue weighted by Gasteiger charge is 2.20. The number of pyridine rings is 1. The number of hydrogen-bond donors (Lipinski definition) is 0. The van der Waals surface area contributed by atoms with Gasteiger partial charge in [-0.25, -0.2) is 4.79 Å². The van der Waals surface area contributed by atoms with E-state index in [-0.39, 0.29) is 5.97 Å². The van der Waals surface area contributed by atoms with E-state index in [4.69, 9.17) is 9.47 Å². The zero-order valence-electron chi connectivity index (χ0n) is 15.3. The lowest BCUT2D eigenvalue weighted by Gasteiger charge is -2.14. The summed E-state index contributed by atoms with van der Waals surface area (Å²) in [5, 5.41) is 0. The van der Waals surface area contributed by atoms with Gasteiger partial charge in [-0.2, -0.15) is 0 Å². The van der Waals surface area contributed by atoms with E-state index in [1.54, 1.807) is 20.2 Å². The minimum atomic E-state index is -0.324. The molecule has 0 aromatic carbocycles. The van der Waals surface area contributed by atoms with Crippen LogP contribution in [-0.2, 0) is 18.3 Å². The Morgan fingerprint density at radius 1 is 1.28 bits per heavy atom. The van der Waals surface area contributed by atoms with Gasteiger partial charge >= 0.3 is 5.97 Å². The van der Waals surface area contributed by atoms with Gasteiger partial charge in [-0.3, -0.25) is 4.98 Å². The molecule has 3 heterocycles. The maximum atomic E-state index is 12.4. The van der Waals surface area contributed by atoms with Crippen molar-refractivity contribution >= 4 is 17.0 Å². The summed E-state index contributed by atoms with van der Waals surface area (Å²) >= 11 is 0. The molecule has 0 amide bonds. The smallest absolute Gasteiger partial charge is 0.355 e. The number of esters is 1. The average molecular weight is 341 g/mol. The summed E-state index contributed by atoms with van der Waals surface area (Å²) < 4.78 is 14.7. The lowest BCUT2D eigenvalue weighted by atomic mass is 10.1. The third kappa shape index (κ3) is 2.88. The molecule has 0 bridgehead atoms. The van der Waals surface area contributed by atoms with Crippen LogP contribution in [0.4, 0.5) is 0 Å². The van der Waals surface area contributed by atoms with E-state index in [1.807, 2.05) is 48.4 Å². The summed E-state index contributed by atoms with van der Waals surface area (Å²) in [6.07, 6.45) is 3.78. The fourth-order valence-corrected chi connectivity index (χ4v) is 3.19. The first-order valence-corrected chi connectivity index (χ1v) is 8.28. The number of ether oxygens (including phenoxy) is 2.